The average Bonchev–Trinajstić information content (AvgIpc) is 1.62. The third-order valence-corrected chi connectivity index (χ3v) is 24.5. The van der Waals surface area contributed by atoms with Crippen LogP contribution >= 0.6 is 34.3 Å². The number of para-hydroxylation sites is 2. The largest absolute Gasteiger partial charge is 0.488 e. The summed E-state index contributed by atoms with van der Waals surface area (Å²) in [6, 6.07) is 120. The molecular weight excluding hydrogens is 1520 g/mol. The van der Waals surface area contributed by atoms with Gasteiger partial charge in [0.25, 0.3) is 0 Å². The Labute approximate surface area is 686 Å². The Bertz CT molecular complexity index is 8120. The minimum atomic E-state index is -1.44. The number of rotatable bonds is 10. The topological polar surface area (TPSA) is 170 Å². The lowest BCUT2D eigenvalue weighted by molar-refractivity contribution is 0.426. The van der Waals surface area contributed by atoms with Crippen LogP contribution in [0.3, 0.4) is 0 Å². The van der Waals surface area contributed by atoms with E-state index in [9.17, 15) is 10.0 Å². The Hall–Kier alpha value is -14.5. The molecule has 24 aromatic rings. The number of nitrogens with zero attached hydrogens (tertiary/aromatic N) is 6. The van der Waals surface area contributed by atoms with Crippen LogP contribution in [0.25, 0.3) is 230 Å². The van der Waals surface area contributed by atoms with Crippen LogP contribution < -0.4 is 5.46 Å². The van der Waals surface area contributed by atoms with E-state index < -0.39 is 7.12 Å². The van der Waals surface area contributed by atoms with E-state index in [-0.39, 0.29) is 5.28 Å². The van der Waals surface area contributed by atoms with Gasteiger partial charge < -0.3 is 27.7 Å². The zero-order chi connectivity index (χ0) is 78.5. The fourth-order valence-corrected chi connectivity index (χ4v) is 18.8. The predicted octanol–water partition coefficient (Wildman–Crippen LogP) is 27.1. The number of furan rings is 4. The summed E-state index contributed by atoms with van der Waals surface area (Å²) in [5.41, 5.74) is 20.2. The van der Waals surface area contributed by atoms with Gasteiger partial charge in [0.15, 0.2) is 29.1 Å². The Morgan fingerprint density at radius 1 is 0.220 bits per heavy atom. The van der Waals surface area contributed by atoms with Crippen molar-refractivity contribution in [2.45, 2.75) is 0 Å². The molecule has 0 aliphatic carbocycles. The van der Waals surface area contributed by atoms with Crippen molar-refractivity contribution in [1.82, 2.24) is 29.9 Å². The van der Waals surface area contributed by atoms with E-state index in [2.05, 4.69) is 222 Å². The summed E-state index contributed by atoms with van der Waals surface area (Å²) >= 11 is 9.98. The van der Waals surface area contributed by atoms with Crippen molar-refractivity contribution in [3.8, 4) is 101 Å². The summed E-state index contributed by atoms with van der Waals surface area (Å²) in [5, 5.41) is 32.4. The predicted molar refractivity (Wildman–Crippen MR) is 485 cm³/mol. The second kappa shape index (κ2) is 29.1. The van der Waals surface area contributed by atoms with Gasteiger partial charge >= 0.3 is 7.12 Å². The zero-order valence-corrected chi connectivity index (χ0v) is 64.9. The normalized spacial score (nSPS) is 11.7. The second-order valence-electron chi connectivity index (χ2n) is 29.1. The number of benzene rings is 16. The molecule has 556 valence electrons. The van der Waals surface area contributed by atoms with Gasteiger partial charge in [0.1, 0.15) is 44.7 Å². The van der Waals surface area contributed by atoms with Gasteiger partial charge in [-0.3, -0.25) is 0 Å². The van der Waals surface area contributed by atoms with Crippen molar-refractivity contribution in [2.24, 2.45) is 0 Å². The van der Waals surface area contributed by atoms with Gasteiger partial charge in [0.2, 0.25) is 5.28 Å². The molecule has 0 aliphatic heterocycles. The molecule has 0 unspecified atom stereocenters. The Morgan fingerprint density at radius 2 is 0.534 bits per heavy atom. The van der Waals surface area contributed by atoms with Gasteiger partial charge in [-0.15, -0.1) is 22.7 Å². The van der Waals surface area contributed by atoms with Crippen molar-refractivity contribution >= 4 is 175 Å². The van der Waals surface area contributed by atoms with Gasteiger partial charge in [0, 0.05) is 111 Å². The standard InChI is InChI=1S/C51H29N3O2S.C33H18ClN3O2.C18H13BO2S/c1-2-10-30(11-3-1)31-22-25-44-42(27-31)39-24-21-35(29-46(39)56-44)51-53-49(52-50(54-51)34-20-23-38-37-14-4-6-18-43(37)55-45(38)28-34)33-13-8-12-32(26-33)36-16-9-17-41-40-15-5-7-19-47(40)57-48(36)41;34-33-36-31(21-10-13-24-23-8-4-5-9-27(23)38-29(24)17-21)35-32(37-33)22-11-14-25-26-16-20(19-6-2-1-3-7-19)12-15-28(26)39-30(25)18-22;20-19(21)13-6-3-5-12(11-13)14-8-4-9-16-15-7-1-2-10-17(15)22-18(14)16/h1-29H;1-18H;1-11,20-21H. The van der Waals surface area contributed by atoms with Crippen molar-refractivity contribution in [3.05, 3.63) is 357 Å². The van der Waals surface area contributed by atoms with Crippen LogP contribution in [0.4, 0.5) is 0 Å². The Kier molecular flexibility index (Phi) is 17.3. The summed E-state index contributed by atoms with van der Waals surface area (Å²) in [6.45, 7) is 0. The third kappa shape index (κ3) is 12.7. The number of aromatic nitrogens is 6. The van der Waals surface area contributed by atoms with Crippen molar-refractivity contribution in [1.29, 1.82) is 0 Å². The summed E-state index contributed by atoms with van der Waals surface area (Å²) < 4.78 is 30.1. The first-order chi connectivity index (χ1) is 58.1. The SMILES string of the molecule is Clc1nc(-c2ccc3c(c2)oc2ccccc23)nc(-c2ccc3c(c2)oc2ccc(-c4ccccc4)cc23)n1.OB(O)c1cccc(-c2cccc3c2sc2ccccc23)c1.c1ccc(-c2ccc3oc4cc(-c5nc(-c6cccc(-c7cccc8c7sc7ccccc78)c6)nc(-c6ccc7c(c6)oc6ccccc67)n5)ccc4c3c2)cc1. The molecule has 12 nitrogen and oxygen atoms in total. The summed E-state index contributed by atoms with van der Waals surface area (Å²) in [7, 11) is -1.44. The lowest BCUT2D eigenvalue weighted by Crippen LogP contribution is -2.29. The van der Waals surface area contributed by atoms with Crippen LogP contribution in [0.1, 0.15) is 0 Å². The Morgan fingerprint density at radius 3 is 0.975 bits per heavy atom. The highest BCUT2D eigenvalue weighted by Crippen LogP contribution is 2.45. The molecule has 0 amide bonds. The molecule has 0 aliphatic rings. The van der Waals surface area contributed by atoms with Crippen LogP contribution in [-0.4, -0.2) is 47.1 Å². The van der Waals surface area contributed by atoms with Gasteiger partial charge in [-0.25, -0.2) is 19.9 Å². The first-order valence-corrected chi connectivity index (χ1v) is 40.6. The van der Waals surface area contributed by atoms with Gasteiger partial charge in [0.05, 0.1) is 0 Å². The van der Waals surface area contributed by atoms with E-state index in [4.69, 9.17) is 49.2 Å². The van der Waals surface area contributed by atoms with E-state index in [0.717, 1.165) is 143 Å². The van der Waals surface area contributed by atoms with Crippen LogP contribution in [0, 0.1) is 0 Å². The molecule has 16 heteroatoms. The maximum atomic E-state index is 9.38. The first-order valence-electron chi connectivity index (χ1n) is 38.6. The van der Waals surface area contributed by atoms with E-state index in [1.165, 1.54) is 57.0 Å². The molecule has 16 aromatic carbocycles. The number of hydrogen-bond acceptors (Lipinski definition) is 14. The minimum absolute atomic E-state index is 0.122. The third-order valence-electron chi connectivity index (χ3n) is 21.9. The van der Waals surface area contributed by atoms with Crippen molar-refractivity contribution in [3.63, 3.8) is 0 Å². The van der Waals surface area contributed by atoms with Crippen LogP contribution in [0.2, 0.25) is 5.28 Å². The first kappa shape index (κ1) is 70.1. The number of thiophene rings is 2. The molecule has 8 heterocycles. The molecule has 0 saturated carbocycles. The smallest absolute Gasteiger partial charge is 0.456 e. The maximum absolute atomic E-state index is 9.38. The highest BCUT2D eigenvalue weighted by Gasteiger charge is 2.22. The van der Waals surface area contributed by atoms with Crippen LogP contribution in [0.5, 0.6) is 0 Å². The minimum Gasteiger partial charge on any atom is -0.456 e. The Balaban J connectivity index is 0.000000118. The molecule has 0 radical (unpaired) electrons. The summed E-state index contributed by atoms with van der Waals surface area (Å²) in [4.78, 5) is 29.0. The maximum Gasteiger partial charge on any atom is 0.488 e. The van der Waals surface area contributed by atoms with E-state index in [1.807, 2.05) is 145 Å². The zero-order valence-electron chi connectivity index (χ0n) is 62.5. The quantitative estimate of drug-likeness (QED) is 0.124. The van der Waals surface area contributed by atoms with Crippen LogP contribution in [-0.2, 0) is 0 Å². The summed E-state index contributed by atoms with van der Waals surface area (Å²) in [6.07, 6.45) is 0. The monoisotopic (exact) mass is 1570 g/mol. The highest BCUT2D eigenvalue weighted by atomic mass is 35.5. The fraction of sp³-hybridized carbons (Fsp3) is 0. The van der Waals surface area contributed by atoms with Crippen LogP contribution in [0.15, 0.2) is 370 Å². The molecule has 0 saturated heterocycles. The van der Waals surface area contributed by atoms with E-state index in [1.54, 1.807) is 17.4 Å². The fourth-order valence-electron chi connectivity index (χ4n) is 16.2. The van der Waals surface area contributed by atoms with Crippen molar-refractivity contribution < 1.29 is 27.7 Å². The van der Waals surface area contributed by atoms with Crippen molar-refractivity contribution in [2.75, 3.05) is 0 Å². The van der Waals surface area contributed by atoms with Gasteiger partial charge in [-0.1, -0.05) is 249 Å². The molecule has 0 atom stereocenters. The molecule has 0 bridgehead atoms. The molecule has 0 fully saturated rings. The molecule has 0 spiro atoms. The lowest BCUT2D eigenvalue weighted by Gasteiger charge is -2.10. The number of halogens is 1. The van der Waals surface area contributed by atoms with Gasteiger partial charge in [-0.2, -0.15) is 9.97 Å². The average molecular weight is 1580 g/mol. The van der Waals surface area contributed by atoms with E-state index in [0.29, 0.717) is 34.6 Å². The van der Waals surface area contributed by atoms with Gasteiger partial charge in [-0.05, 0) is 165 Å². The molecule has 118 heavy (non-hydrogen) atoms. The number of hydrogen-bond donors (Lipinski definition) is 2. The van der Waals surface area contributed by atoms with E-state index >= 15 is 0 Å². The second-order valence-corrected chi connectivity index (χ2v) is 31.5. The molecule has 24 rings (SSSR count). The number of fused-ring (bicyclic) bond motifs is 18. The lowest BCUT2D eigenvalue weighted by atomic mass is 9.79. The summed E-state index contributed by atoms with van der Waals surface area (Å²) in [5.74, 6) is 2.66. The highest BCUT2D eigenvalue weighted by molar-refractivity contribution is 7.26. The molecule has 2 N–H and O–H groups in total. The molecular formula is C102H60BClN6O6S2. The molecule has 8 aromatic heterocycles.